The summed E-state index contributed by atoms with van der Waals surface area (Å²) in [5.74, 6) is -1.67. The zero-order chi connectivity index (χ0) is 13.8. The predicted octanol–water partition coefficient (Wildman–Crippen LogP) is 0.403. The van der Waals surface area contributed by atoms with Gasteiger partial charge in [0.05, 0.1) is 10.9 Å². The van der Waals surface area contributed by atoms with Gasteiger partial charge in [0.1, 0.15) is 5.69 Å². The Bertz CT molecular complexity index is 512. The van der Waals surface area contributed by atoms with Gasteiger partial charge < -0.3 is 16.2 Å². The lowest BCUT2D eigenvalue weighted by atomic mass is 10.1. The maximum Gasteiger partial charge on any atom is 0.310 e. The summed E-state index contributed by atoms with van der Waals surface area (Å²) in [6.45, 7) is 0.500. The van der Waals surface area contributed by atoms with Crippen LogP contribution in [0.2, 0.25) is 0 Å². The van der Waals surface area contributed by atoms with Gasteiger partial charge in [0.15, 0.2) is 0 Å². The summed E-state index contributed by atoms with van der Waals surface area (Å²) < 4.78 is 0. The van der Waals surface area contributed by atoms with Crippen molar-refractivity contribution in [3.05, 3.63) is 28.2 Å². The minimum atomic E-state index is -0.869. The Morgan fingerprint density at radius 2 is 2.32 bits per heavy atom. The third-order valence-corrected chi connectivity index (χ3v) is 3.77. The van der Waals surface area contributed by atoms with Gasteiger partial charge in [-0.25, -0.2) is 4.98 Å². The van der Waals surface area contributed by atoms with Crippen molar-refractivity contribution < 1.29 is 14.7 Å². The Labute approximate surface area is 114 Å². The molecule has 2 unspecified atom stereocenters. The number of carboxylic acids is 1. The molecule has 1 aromatic rings. The largest absolute Gasteiger partial charge is 0.481 e. The molecule has 6 nitrogen and oxygen atoms in total. The second-order valence-electron chi connectivity index (χ2n) is 4.31. The lowest BCUT2D eigenvalue weighted by Gasteiger charge is -2.10. The Hall–Kier alpha value is -1.73. The van der Waals surface area contributed by atoms with Crippen LogP contribution in [0, 0.1) is 5.92 Å². The fraction of sp³-hybridized carbons (Fsp3) is 0.417. The van der Waals surface area contributed by atoms with E-state index < -0.39 is 11.9 Å². The number of nitrogens with one attached hydrogen (secondary N) is 1. The van der Waals surface area contributed by atoms with Gasteiger partial charge in [0.2, 0.25) is 0 Å². The third kappa shape index (κ3) is 3.39. The first-order valence-electron chi connectivity index (χ1n) is 5.96. The zero-order valence-electron chi connectivity index (χ0n) is 10.2. The zero-order valence-corrected chi connectivity index (χ0v) is 11.0. The molecule has 2 rings (SSSR count). The number of carboxylic acid groups (broad SMARTS) is 1. The molecule has 102 valence electrons. The molecule has 0 spiro atoms. The van der Waals surface area contributed by atoms with E-state index in [9.17, 15) is 9.59 Å². The van der Waals surface area contributed by atoms with E-state index in [-0.39, 0.29) is 11.9 Å². The third-order valence-electron chi connectivity index (χ3n) is 2.86. The molecule has 0 bridgehead atoms. The number of hydrogen-bond donors (Lipinski definition) is 3. The van der Waals surface area contributed by atoms with Gasteiger partial charge in [-0.05, 0) is 13.0 Å². The first-order valence-corrected chi connectivity index (χ1v) is 6.84. The van der Waals surface area contributed by atoms with E-state index in [4.69, 9.17) is 10.8 Å². The SMILES string of the molecule is NCCc1nc(C(=O)NC2C=CC(C(=O)O)C2)cs1. The lowest BCUT2D eigenvalue weighted by molar-refractivity contribution is -0.140. The number of hydrogen-bond acceptors (Lipinski definition) is 5. The number of thiazole rings is 1. The molecule has 0 aliphatic heterocycles. The molecular formula is C12H15N3O3S. The fourth-order valence-electron chi connectivity index (χ4n) is 1.88. The Morgan fingerprint density at radius 1 is 1.53 bits per heavy atom. The van der Waals surface area contributed by atoms with Crippen LogP contribution in [0.5, 0.6) is 0 Å². The second-order valence-corrected chi connectivity index (χ2v) is 5.25. The van der Waals surface area contributed by atoms with Gasteiger partial charge in [-0.3, -0.25) is 9.59 Å². The molecule has 4 N–H and O–H groups in total. The van der Waals surface area contributed by atoms with Crippen LogP contribution in [0.25, 0.3) is 0 Å². The average Bonchev–Trinajstić information content (AvgIpc) is 2.98. The van der Waals surface area contributed by atoms with Gasteiger partial charge >= 0.3 is 5.97 Å². The molecule has 0 saturated heterocycles. The quantitative estimate of drug-likeness (QED) is 0.678. The molecule has 1 aliphatic carbocycles. The van der Waals surface area contributed by atoms with Crippen molar-refractivity contribution in [2.24, 2.45) is 11.7 Å². The van der Waals surface area contributed by atoms with Crippen molar-refractivity contribution in [3.8, 4) is 0 Å². The summed E-state index contributed by atoms with van der Waals surface area (Å²) in [6, 6.07) is -0.242. The number of carbonyl (C=O) groups is 2. The average molecular weight is 281 g/mol. The van der Waals surface area contributed by atoms with Gasteiger partial charge in [0, 0.05) is 17.8 Å². The molecule has 0 fully saturated rings. The summed E-state index contributed by atoms with van der Waals surface area (Å²) in [5.41, 5.74) is 5.78. The van der Waals surface area contributed by atoms with Crippen molar-refractivity contribution in [1.82, 2.24) is 10.3 Å². The van der Waals surface area contributed by atoms with E-state index in [2.05, 4.69) is 10.3 Å². The normalized spacial score (nSPS) is 21.5. The van der Waals surface area contributed by atoms with Crippen LogP contribution >= 0.6 is 11.3 Å². The Kier molecular flexibility index (Phi) is 4.28. The first-order chi connectivity index (χ1) is 9.10. The summed E-state index contributed by atoms with van der Waals surface area (Å²) in [6.07, 6.45) is 4.36. The Morgan fingerprint density at radius 3 is 2.95 bits per heavy atom. The molecule has 1 aromatic heterocycles. The maximum atomic E-state index is 11.9. The molecule has 1 heterocycles. The summed E-state index contributed by atoms with van der Waals surface area (Å²) in [5, 5.41) is 14.1. The number of aliphatic carboxylic acids is 1. The minimum absolute atomic E-state index is 0.242. The van der Waals surface area contributed by atoms with E-state index in [1.807, 2.05) is 0 Å². The smallest absolute Gasteiger partial charge is 0.310 e. The highest BCUT2D eigenvalue weighted by atomic mass is 32.1. The van der Waals surface area contributed by atoms with E-state index in [1.54, 1.807) is 17.5 Å². The highest BCUT2D eigenvalue weighted by Gasteiger charge is 2.26. The number of rotatable bonds is 5. The van der Waals surface area contributed by atoms with E-state index in [0.29, 0.717) is 25.1 Å². The van der Waals surface area contributed by atoms with Crippen LogP contribution < -0.4 is 11.1 Å². The monoisotopic (exact) mass is 281 g/mol. The van der Waals surface area contributed by atoms with Crippen molar-refractivity contribution in [2.45, 2.75) is 18.9 Å². The molecule has 1 amide bonds. The molecule has 1 aliphatic rings. The van der Waals surface area contributed by atoms with Crippen LogP contribution in [0.4, 0.5) is 0 Å². The lowest BCUT2D eigenvalue weighted by Crippen LogP contribution is -2.33. The molecule has 19 heavy (non-hydrogen) atoms. The van der Waals surface area contributed by atoms with Gasteiger partial charge in [-0.15, -0.1) is 11.3 Å². The fourth-order valence-corrected chi connectivity index (χ4v) is 2.68. The van der Waals surface area contributed by atoms with Crippen molar-refractivity contribution in [2.75, 3.05) is 6.54 Å². The predicted molar refractivity (Wildman–Crippen MR) is 71.0 cm³/mol. The van der Waals surface area contributed by atoms with Crippen molar-refractivity contribution >= 4 is 23.2 Å². The number of nitrogens with two attached hydrogens (primary N) is 1. The van der Waals surface area contributed by atoms with Gasteiger partial charge in [-0.2, -0.15) is 0 Å². The summed E-state index contributed by atoms with van der Waals surface area (Å²) in [7, 11) is 0. The maximum absolute atomic E-state index is 11.9. The number of amides is 1. The number of aromatic nitrogens is 1. The van der Waals surface area contributed by atoms with Crippen molar-refractivity contribution in [1.29, 1.82) is 0 Å². The van der Waals surface area contributed by atoms with E-state index >= 15 is 0 Å². The molecule has 0 saturated carbocycles. The number of carbonyl (C=O) groups excluding carboxylic acids is 1. The Balaban J connectivity index is 1.91. The highest BCUT2D eigenvalue weighted by molar-refractivity contribution is 7.09. The first kappa shape index (κ1) is 13.7. The topological polar surface area (TPSA) is 105 Å². The summed E-state index contributed by atoms with van der Waals surface area (Å²) in [4.78, 5) is 26.9. The van der Waals surface area contributed by atoms with E-state index in [0.717, 1.165) is 5.01 Å². The minimum Gasteiger partial charge on any atom is -0.481 e. The van der Waals surface area contributed by atoms with Crippen LogP contribution in [0.3, 0.4) is 0 Å². The van der Waals surface area contributed by atoms with E-state index in [1.165, 1.54) is 11.3 Å². The second kappa shape index (κ2) is 5.94. The number of nitrogens with zero attached hydrogens (tertiary/aromatic N) is 1. The van der Waals surface area contributed by atoms with Gasteiger partial charge in [-0.1, -0.05) is 12.2 Å². The molecule has 2 atom stereocenters. The highest BCUT2D eigenvalue weighted by Crippen LogP contribution is 2.18. The molecule has 0 aromatic carbocycles. The van der Waals surface area contributed by atoms with Crippen LogP contribution in [-0.2, 0) is 11.2 Å². The van der Waals surface area contributed by atoms with Crippen LogP contribution in [-0.4, -0.2) is 34.6 Å². The van der Waals surface area contributed by atoms with Crippen LogP contribution in [0.1, 0.15) is 21.9 Å². The van der Waals surface area contributed by atoms with Crippen LogP contribution in [0.15, 0.2) is 17.5 Å². The molecular weight excluding hydrogens is 266 g/mol. The molecule has 7 heteroatoms. The van der Waals surface area contributed by atoms with Gasteiger partial charge in [0.25, 0.3) is 5.91 Å². The van der Waals surface area contributed by atoms with Crippen molar-refractivity contribution in [3.63, 3.8) is 0 Å². The molecule has 0 radical (unpaired) electrons. The summed E-state index contributed by atoms with van der Waals surface area (Å²) >= 11 is 1.40. The standard InChI is InChI=1S/C12H15N3O3S/c13-4-3-10-15-9(6-19-10)11(16)14-8-2-1-7(5-8)12(17)18/h1-2,6-8H,3-5,13H2,(H,14,16)(H,17,18).